The largest absolute Gasteiger partial charge is 0.377 e. The summed E-state index contributed by atoms with van der Waals surface area (Å²) >= 11 is 0. The molecule has 0 radical (unpaired) electrons. The Kier molecular flexibility index (Phi) is 5.80. The molecule has 2 aliphatic rings. The number of rotatable bonds is 5. The Morgan fingerprint density at radius 2 is 1.85 bits per heavy atom. The van der Waals surface area contributed by atoms with Gasteiger partial charge in [-0.3, -0.25) is 0 Å². The second-order valence-corrected chi connectivity index (χ2v) is 7.80. The number of piperidine rings is 2. The first kappa shape index (κ1) is 16.2. The molecular weight excluding hydrogens is 278 g/mol. The molecule has 0 aromatic carbocycles. The van der Waals surface area contributed by atoms with Gasteiger partial charge < -0.3 is 10.5 Å². The Hall–Kier alpha value is -0.210. The van der Waals surface area contributed by atoms with Crippen molar-refractivity contribution in [3.8, 4) is 0 Å². The highest BCUT2D eigenvalue weighted by molar-refractivity contribution is 7.86. The van der Waals surface area contributed by atoms with Gasteiger partial charge in [0.15, 0.2) is 0 Å². The minimum absolute atomic E-state index is 0.158. The van der Waals surface area contributed by atoms with E-state index in [1.54, 1.807) is 8.61 Å². The molecule has 20 heavy (non-hydrogen) atoms. The minimum Gasteiger partial charge on any atom is -0.377 e. The zero-order valence-electron chi connectivity index (χ0n) is 12.3. The molecule has 118 valence electrons. The van der Waals surface area contributed by atoms with Crippen molar-refractivity contribution in [2.24, 2.45) is 11.7 Å². The second kappa shape index (κ2) is 7.17. The Bertz CT molecular complexity index is 394. The van der Waals surface area contributed by atoms with Gasteiger partial charge in [-0.2, -0.15) is 17.0 Å². The molecule has 0 aliphatic carbocycles. The molecule has 2 saturated heterocycles. The first-order valence-electron chi connectivity index (χ1n) is 7.61. The Morgan fingerprint density at radius 3 is 2.45 bits per heavy atom. The predicted octanol–water partition coefficient (Wildman–Crippen LogP) is 0.403. The SMILES string of the molecule is CC1CCCN(S(=O)(=O)N2CCC(OCCN)CC2)C1. The van der Waals surface area contributed by atoms with Crippen molar-refractivity contribution in [1.82, 2.24) is 8.61 Å². The van der Waals surface area contributed by atoms with Crippen LogP contribution < -0.4 is 5.73 Å². The third-order valence-electron chi connectivity index (χ3n) is 4.14. The Balaban J connectivity index is 1.88. The first-order valence-corrected chi connectivity index (χ1v) is 9.00. The lowest BCUT2D eigenvalue weighted by atomic mass is 10.0. The van der Waals surface area contributed by atoms with E-state index in [9.17, 15) is 8.42 Å². The molecule has 6 nitrogen and oxygen atoms in total. The van der Waals surface area contributed by atoms with Crippen LogP contribution in [-0.2, 0) is 14.9 Å². The van der Waals surface area contributed by atoms with Crippen LogP contribution in [0.1, 0.15) is 32.6 Å². The van der Waals surface area contributed by atoms with Crippen LogP contribution in [0.15, 0.2) is 0 Å². The fourth-order valence-corrected chi connectivity index (χ4v) is 4.78. The molecule has 7 heteroatoms. The van der Waals surface area contributed by atoms with Gasteiger partial charge in [-0.1, -0.05) is 6.92 Å². The van der Waals surface area contributed by atoms with Gasteiger partial charge in [0.2, 0.25) is 0 Å². The standard InChI is InChI=1S/C13H27N3O3S/c1-12-3-2-7-16(11-12)20(17,18)15-8-4-13(5-9-15)19-10-6-14/h12-13H,2-11,14H2,1H3. The van der Waals surface area contributed by atoms with Crippen LogP contribution in [-0.4, -0.2) is 62.5 Å². The summed E-state index contributed by atoms with van der Waals surface area (Å²) in [7, 11) is -3.28. The maximum absolute atomic E-state index is 12.6. The third kappa shape index (κ3) is 3.92. The average molecular weight is 305 g/mol. The summed E-state index contributed by atoms with van der Waals surface area (Å²) in [5.41, 5.74) is 5.41. The molecule has 0 aromatic rings. The van der Waals surface area contributed by atoms with Gasteiger partial charge in [0.05, 0.1) is 12.7 Å². The maximum atomic E-state index is 12.6. The molecule has 2 N–H and O–H groups in total. The topological polar surface area (TPSA) is 75.9 Å². The molecule has 2 rings (SSSR count). The zero-order chi connectivity index (χ0) is 14.6. The number of hydrogen-bond donors (Lipinski definition) is 1. The summed E-state index contributed by atoms with van der Waals surface area (Å²) in [5, 5.41) is 0. The van der Waals surface area contributed by atoms with E-state index in [1.807, 2.05) is 0 Å². The van der Waals surface area contributed by atoms with Gasteiger partial charge in [-0.15, -0.1) is 0 Å². The highest BCUT2D eigenvalue weighted by Crippen LogP contribution is 2.23. The zero-order valence-corrected chi connectivity index (χ0v) is 13.1. The monoisotopic (exact) mass is 305 g/mol. The van der Waals surface area contributed by atoms with Crippen molar-refractivity contribution in [2.75, 3.05) is 39.3 Å². The van der Waals surface area contributed by atoms with Gasteiger partial charge in [0.1, 0.15) is 0 Å². The highest BCUT2D eigenvalue weighted by atomic mass is 32.2. The van der Waals surface area contributed by atoms with Crippen LogP contribution >= 0.6 is 0 Å². The summed E-state index contributed by atoms with van der Waals surface area (Å²) in [6.45, 7) is 5.63. The van der Waals surface area contributed by atoms with Crippen molar-refractivity contribution in [3.63, 3.8) is 0 Å². The van der Waals surface area contributed by atoms with Crippen molar-refractivity contribution in [2.45, 2.75) is 38.7 Å². The smallest absolute Gasteiger partial charge is 0.281 e. The van der Waals surface area contributed by atoms with Crippen molar-refractivity contribution in [3.05, 3.63) is 0 Å². The minimum atomic E-state index is -3.28. The second-order valence-electron chi connectivity index (χ2n) is 5.87. The summed E-state index contributed by atoms with van der Waals surface area (Å²) in [6.07, 6.45) is 3.79. The van der Waals surface area contributed by atoms with Crippen LogP contribution in [0.2, 0.25) is 0 Å². The maximum Gasteiger partial charge on any atom is 0.281 e. The first-order chi connectivity index (χ1) is 9.54. The van der Waals surface area contributed by atoms with Crippen LogP contribution in [0.4, 0.5) is 0 Å². The van der Waals surface area contributed by atoms with E-state index in [0.29, 0.717) is 45.2 Å². The molecule has 2 heterocycles. The lowest BCUT2D eigenvalue weighted by Gasteiger charge is -2.37. The average Bonchev–Trinajstić information content (AvgIpc) is 2.45. The molecule has 0 amide bonds. The van der Waals surface area contributed by atoms with Gasteiger partial charge >= 0.3 is 0 Å². The summed E-state index contributed by atoms with van der Waals surface area (Å²) in [6, 6.07) is 0. The van der Waals surface area contributed by atoms with Gasteiger partial charge in [0.25, 0.3) is 10.2 Å². The van der Waals surface area contributed by atoms with E-state index in [2.05, 4.69) is 6.92 Å². The molecule has 1 unspecified atom stereocenters. The number of nitrogens with zero attached hydrogens (tertiary/aromatic N) is 2. The van der Waals surface area contributed by atoms with Crippen LogP contribution in [0.25, 0.3) is 0 Å². The van der Waals surface area contributed by atoms with E-state index in [0.717, 1.165) is 25.7 Å². The molecule has 0 saturated carbocycles. The molecular formula is C13H27N3O3S. The molecule has 0 bridgehead atoms. The molecule has 0 aromatic heterocycles. The normalized spacial score (nSPS) is 27.8. The number of ether oxygens (including phenoxy) is 1. The van der Waals surface area contributed by atoms with Gasteiger partial charge in [0, 0.05) is 32.7 Å². The third-order valence-corrected chi connectivity index (χ3v) is 6.15. The summed E-state index contributed by atoms with van der Waals surface area (Å²) < 4.78 is 34.1. The highest BCUT2D eigenvalue weighted by Gasteiger charge is 2.34. The van der Waals surface area contributed by atoms with E-state index < -0.39 is 10.2 Å². The van der Waals surface area contributed by atoms with E-state index in [1.165, 1.54) is 0 Å². The predicted molar refractivity (Wildman–Crippen MR) is 78.5 cm³/mol. The van der Waals surface area contributed by atoms with Crippen molar-refractivity contribution < 1.29 is 13.2 Å². The van der Waals surface area contributed by atoms with Crippen LogP contribution in [0.5, 0.6) is 0 Å². The molecule has 2 fully saturated rings. The Morgan fingerprint density at radius 1 is 1.15 bits per heavy atom. The number of nitrogens with two attached hydrogens (primary N) is 1. The van der Waals surface area contributed by atoms with Crippen molar-refractivity contribution in [1.29, 1.82) is 0 Å². The van der Waals surface area contributed by atoms with Crippen LogP contribution in [0.3, 0.4) is 0 Å². The fraction of sp³-hybridized carbons (Fsp3) is 1.00. The quantitative estimate of drug-likeness (QED) is 0.798. The molecule has 0 spiro atoms. The van der Waals surface area contributed by atoms with Crippen LogP contribution in [0, 0.1) is 5.92 Å². The van der Waals surface area contributed by atoms with Crippen molar-refractivity contribution >= 4 is 10.2 Å². The number of hydrogen-bond acceptors (Lipinski definition) is 4. The fourth-order valence-electron chi connectivity index (χ4n) is 2.98. The van der Waals surface area contributed by atoms with E-state index in [4.69, 9.17) is 10.5 Å². The summed E-state index contributed by atoms with van der Waals surface area (Å²) in [4.78, 5) is 0. The van der Waals surface area contributed by atoms with Gasteiger partial charge in [-0.25, -0.2) is 0 Å². The lowest BCUT2D eigenvalue weighted by molar-refractivity contribution is 0.0246. The van der Waals surface area contributed by atoms with Gasteiger partial charge in [-0.05, 0) is 31.6 Å². The molecule has 2 aliphatic heterocycles. The van der Waals surface area contributed by atoms with E-state index in [-0.39, 0.29) is 6.10 Å². The van der Waals surface area contributed by atoms with E-state index >= 15 is 0 Å². The molecule has 1 atom stereocenters. The summed E-state index contributed by atoms with van der Waals surface area (Å²) in [5.74, 6) is 0.462. The lowest BCUT2D eigenvalue weighted by Crippen LogP contribution is -2.50. The Labute approximate surface area is 122 Å².